The van der Waals surface area contributed by atoms with Gasteiger partial charge in [0.05, 0.1) is 17.8 Å². The number of aromatic nitrogens is 1. The average Bonchev–Trinajstić information content (AvgIpc) is 2.78. The lowest BCUT2D eigenvalue weighted by Crippen LogP contribution is -2.04. The third-order valence-corrected chi connectivity index (χ3v) is 3.78. The zero-order valence-corrected chi connectivity index (χ0v) is 11.2. The number of hydrogen-bond donors (Lipinski definition) is 1. The molecule has 3 nitrogen and oxygen atoms in total. The molecule has 0 aliphatic heterocycles. The van der Waals surface area contributed by atoms with Crippen LogP contribution in [0.5, 0.6) is 5.75 Å². The molecule has 96 valence electrons. The van der Waals surface area contributed by atoms with Crippen molar-refractivity contribution in [2.45, 2.75) is 19.8 Å². The molecule has 0 aliphatic carbocycles. The smallest absolute Gasteiger partial charge is 0.122 e. The first-order chi connectivity index (χ1) is 8.81. The molecule has 2 rings (SSSR count). The van der Waals surface area contributed by atoms with Gasteiger partial charge in [0, 0.05) is 17.9 Å². The number of thiazole rings is 1. The molecule has 1 aromatic carbocycles. The molecule has 0 unspecified atom stereocenters. The molecular formula is C14H17NO2S. The van der Waals surface area contributed by atoms with Crippen LogP contribution in [0.1, 0.15) is 16.1 Å². The molecule has 0 fully saturated rings. The molecule has 1 aromatic heterocycles. The van der Waals surface area contributed by atoms with Crippen LogP contribution in [0.4, 0.5) is 0 Å². The first-order valence-corrected chi connectivity index (χ1v) is 6.89. The van der Waals surface area contributed by atoms with E-state index in [0.29, 0.717) is 13.0 Å². The van der Waals surface area contributed by atoms with Crippen LogP contribution in [0.2, 0.25) is 0 Å². The SMILES string of the molecule is Cc1ncsc1CCOc1ccccc1CCO. The van der Waals surface area contributed by atoms with Crippen molar-refractivity contribution in [3.8, 4) is 5.75 Å². The van der Waals surface area contributed by atoms with Gasteiger partial charge >= 0.3 is 0 Å². The fourth-order valence-corrected chi connectivity index (χ4v) is 2.55. The molecule has 0 atom stereocenters. The second-order valence-electron chi connectivity index (χ2n) is 4.04. The normalized spacial score (nSPS) is 10.6. The highest BCUT2D eigenvalue weighted by atomic mass is 32.1. The van der Waals surface area contributed by atoms with Crippen LogP contribution in [0.15, 0.2) is 29.8 Å². The van der Waals surface area contributed by atoms with Gasteiger partial charge < -0.3 is 9.84 Å². The van der Waals surface area contributed by atoms with Gasteiger partial charge in [-0.3, -0.25) is 0 Å². The van der Waals surface area contributed by atoms with Gasteiger partial charge in [-0.25, -0.2) is 4.98 Å². The van der Waals surface area contributed by atoms with Gasteiger partial charge in [0.25, 0.3) is 0 Å². The average molecular weight is 263 g/mol. The number of benzene rings is 1. The van der Waals surface area contributed by atoms with Gasteiger partial charge in [-0.1, -0.05) is 18.2 Å². The van der Waals surface area contributed by atoms with Crippen LogP contribution in [0.25, 0.3) is 0 Å². The van der Waals surface area contributed by atoms with E-state index in [1.807, 2.05) is 36.7 Å². The van der Waals surface area contributed by atoms with Crippen molar-refractivity contribution < 1.29 is 9.84 Å². The summed E-state index contributed by atoms with van der Waals surface area (Å²) in [6, 6.07) is 7.85. The number of hydrogen-bond acceptors (Lipinski definition) is 4. The molecule has 18 heavy (non-hydrogen) atoms. The molecule has 0 saturated heterocycles. The Balaban J connectivity index is 1.92. The van der Waals surface area contributed by atoms with E-state index < -0.39 is 0 Å². The van der Waals surface area contributed by atoms with Crippen molar-refractivity contribution in [1.29, 1.82) is 0 Å². The Hall–Kier alpha value is -1.39. The quantitative estimate of drug-likeness (QED) is 0.871. The molecule has 1 heterocycles. The van der Waals surface area contributed by atoms with E-state index in [4.69, 9.17) is 9.84 Å². The Morgan fingerprint density at radius 3 is 2.83 bits per heavy atom. The van der Waals surface area contributed by atoms with Crippen LogP contribution in [0.3, 0.4) is 0 Å². The summed E-state index contributed by atoms with van der Waals surface area (Å²) < 4.78 is 5.79. The zero-order valence-electron chi connectivity index (χ0n) is 10.4. The Bertz CT molecular complexity index is 496. The van der Waals surface area contributed by atoms with Crippen molar-refractivity contribution in [1.82, 2.24) is 4.98 Å². The van der Waals surface area contributed by atoms with Crippen LogP contribution in [-0.2, 0) is 12.8 Å². The van der Waals surface area contributed by atoms with Crippen LogP contribution in [-0.4, -0.2) is 23.3 Å². The third kappa shape index (κ3) is 3.31. The van der Waals surface area contributed by atoms with Crippen LogP contribution in [0, 0.1) is 6.92 Å². The number of aliphatic hydroxyl groups is 1. The van der Waals surface area contributed by atoms with Crippen molar-refractivity contribution in [3.63, 3.8) is 0 Å². The summed E-state index contributed by atoms with van der Waals surface area (Å²) >= 11 is 1.67. The molecule has 0 aliphatic rings. The minimum Gasteiger partial charge on any atom is -0.493 e. The Kier molecular flexibility index (Phi) is 4.73. The number of ether oxygens (including phenoxy) is 1. The lowest BCUT2D eigenvalue weighted by molar-refractivity contribution is 0.289. The van der Waals surface area contributed by atoms with E-state index in [-0.39, 0.29) is 6.61 Å². The summed E-state index contributed by atoms with van der Waals surface area (Å²) in [6.07, 6.45) is 1.51. The first-order valence-electron chi connectivity index (χ1n) is 6.02. The lowest BCUT2D eigenvalue weighted by Gasteiger charge is -2.10. The van der Waals surface area contributed by atoms with Gasteiger partial charge in [0.2, 0.25) is 0 Å². The molecular weight excluding hydrogens is 246 g/mol. The number of aliphatic hydroxyl groups excluding tert-OH is 1. The molecule has 2 aromatic rings. The Morgan fingerprint density at radius 2 is 2.11 bits per heavy atom. The lowest BCUT2D eigenvalue weighted by atomic mass is 10.1. The maximum absolute atomic E-state index is 8.99. The largest absolute Gasteiger partial charge is 0.493 e. The Labute approximate surface area is 111 Å². The number of rotatable bonds is 6. The van der Waals surface area contributed by atoms with Crippen molar-refractivity contribution in [2.24, 2.45) is 0 Å². The summed E-state index contributed by atoms with van der Waals surface area (Å²) in [7, 11) is 0. The van der Waals surface area contributed by atoms with Gasteiger partial charge in [-0.15, -0.1) is 11.3 Å². The van der Waals surface area contributed by atoms with Crippen molar-refractivity contribution in [2.75, 3.05) is 13.2 Å². The molecule has 0 saturated carbocycles. The number of nitrogens with zero attached hydrogens (tertiary/aromatic N) is 1. The molecule has 0 bridgehead atoms. The second-order valence-corrected chi connectivity index (χ2v) is 4.98. The fourth-order valence-electron chi connectivity index (χ4n) is 1.79. The van der Waals surface area contributed by atoms with E-state index in [2.05, 4.69) is 4.98 Å². The minimum atomic E-state index is 0.147. The highest BCUT2D eigenvalue weighted by Gasteiger charge is 2.04. The van der Waals surface area contributed by atoms with E-state index in [9.17, 15) is 0 Å². The van der Waals surface area contributed by atoms with E-state index in [0.717, 1.165) is 23.4 Å². The van der Waals surface area contributed by atoms with E-state index in [1.54, 1.807) is 11.3 Å². The third-order valence-electron chi connectivity index (χ3n) is 2.79. The highest BCUT2D eigenvalue weighted by molar-refractivity contribution is 7.09. The summed E-state index contributed by atoms with van der Waals surface area (Å²) in [4.78, 5) is 5.49. The standard InChI is InChI=1S/C14H17NO2S/c1-11-14(18-10-15-11)7-9-17-13-5-3-2-4-12(13)6-8-16/h2-5,10,16H,6-9H2,1H3. The monoisotopic (exact) mass is 263 g/mol. The molecule has 0 spiro atoms. The summed E-state index contributed by atoms with van der Waals surface area (Å²) in [5.41, 5.74) is 4.01. The second kappa shape index (κ2) is 6.52. The predicted octanol–water partition coefficient (Wildman–Crippen LogP) is 2.61. The summed E-state index contributed by atoms with van der Waals surface area (Å²) in [6.45, 7) is 2.81. The Morgan fingerprint density at radius 1 is 1.28 bits per heavy atom. The number of para-hydroxylation sites is 1. The van der Waals surface area contributed by atoms with Gasteiger partial charge in [0.1, 0.15) is 5.75 Å². The van der Waals surface area contributed by atoms with Crippen molar-refractivity contribution in [3.05, 3.63) is 45.9 Å². The molecule has 4 heteroatoms. The maximum atomic E-state index is 8.99. The van der Waals surface area contributed by atoms with Gasteiger partial charge in [0.15, 0.2) is 0 Å². The van der Waals surface area contributed by atoms with Crippen LogP contribution >= 0.6 is 11.3 Å². The summed E-state index contributed by atoms with van der Waals surface area (Å²) in [5.74, 6) is 0.869. The predicted molar refractivity (Wildman–Crippen MR) is 73.3 cm³/mol. The maximum Gasteiger partial charge on any atom is 0.122 e. The number of aryl methyl sites for hydroxylation is 1. The molecule has 0 radical (unpaired) electrons. The van der Waals surface area contributed by atoms with Gasteiger partial charge in [-0.05, 0) is 25.0 Å². The fraction of sp³-hybridized carbons (Fsp3) is 0.357. The highest BCUT2D eigenvalue weighted by Crippen LogP contribution is 2.19. The first kappa shape index (κ1) is 13.1. The topological polar surface area (TPSA) is 42.4 Å². The van der Waals surface area contributed by atoms with Crippen molar-refractivity contribution >= 4 is 11.3 Å². The van der Waals surface area contributed by atoms with Gasteiger partial charge in [-0.2, -0.15) is 0 Å². The zero-order chi connectivity index (χ0) is 12.8. The minimum absolute atomic E-state index is 0.147. The molecule has 1 N–H and O–H groups in total. The van der Waals surface area contributed by atoms with E-state index >= 15 is 0 Å². The summed E-state index contributed by atoms with van der Waals surface area (Å²) in [5, 5.41) is 8.99. The van der Waals surface area contributed by atoms with Crippen LogP contribution < -0.4 is 4.74 Å². The molecule has 0 amide bonds. The van der Waals surface area contributed by atoms with E-state index in [1.165, 1.54) is 4.88 Å².